The monoisotopic (exact) mass is 361 g/mol. The second-order valence-corrected chi connectivity index (χ2v) is 7.67. The van der Waals surface area contributed by atoms with Gasteiger partial charge in [0.2, 0.25) is 15.9 Å². The Morgan fingerprint density at radius 1 is 1.35 bits per heavy atom. The van der Waals surface area contributed by atoms with Gasteiger partial charge in [-0.15, -0.1) is 0 Å². The maximum atomic E-state index is 11.8. The molecule has 9 heteroatoms. The largest absolute Gasteiger partial charge is 0.382 e. The van der Waals surface area contributed by atoms with Gasteiger partial charge in [0.15, 0.2) is 0 Å². The topological polar surface area (TPSA) is 136 Å². The third kappa shape index (κ3) is 6.88. The molecule has 0 heterocycles. The summed E-state index contributed by atoms with van der Waals surface area (Å²) in [6.07, 6.45) is 1.76. The molecule has 1 aromatic rings. The van der Waals surface area contributed by atoms with Crippen molar-refractivity contribution in [2.75, 3.05) is 18.6 Å². The zero-order valence-corrected chi connectivity index (χ0v) is 14.6. The fraction of sp³-hybridized carbons (Fsp3) is 0.500. The minimum absolute atomic E-state index is 0.0421. The predicted octanol–water partition coefficient (Wildman–Crippen LogP) is -0.566. The number of carbonyl (C=O) groups excluding carboxylic acids is 1. The van der Waals surface area contributed by atoms with Crippen LogP contribution in [0.25, 0.3) is 0 Å². The Hall–Kier alpha value is -1.13. The molecule has 1 aromatic carbocycles. The van der Waals surface area contributed by atoms with Crippen molar-refractivity contribution >= 4 is 27.7 Å². The number of benzene rings is 1. The second kappa shape index (κ2) is 9.24. The van der Waals surface area contributed by atoms with Crippen molar-refractivity contribution < 1.29 is 18.3 Å². The van der Waals surface area contributed by atoms with Gasteiger partial charge in [-0.05, 0) is 42.5 Å². The molecule has 0 aromatic heterocycles. The smallest absolute Gasteiger partial charge is 0.250 e. The van der Waals surface area contributed by atoms with E-state index >= 15 is 0 Å². The van der Waals surface area contributed by atoms with E-state index in [-0.39, 0.29) is 4.90 Å². The number of nitrogens with one attached hydrogen (secondary N) is 1. The van der Waals surface area contributed by atoms with E-state index in [1.54, 1.807) is 23.9 Å². The molecule has 0 fully saturated rings. The number of rotatable bonds is 9. The van der Waals surface area contributed by atoms with Gasteiger partial charge in [-0.3, -0.25) is 4.79 Å². The lowest BCUT2D eigenvalue weighted by Crippen LogP contribution is -2.47. The first-order valence-electron chi connectivity index (χ1n) is 7.07. The molecule has 0 aliphatic carbocycles. The molecule has 7 nitrogen and oxygen atoms in total. The van der Waals surface area contributed by atoms with Crippen molar-refractivity contribution in [2.24, 2.45) is 10.9 Å². The van der Waals surface area contributed by atoms with Crippen LogP contribution in [0.15, 0.2) is 29.2 Å². The molecule has 1 rings (SSSR count). The molecule has 0 spiro atoms. The number of nitrogens with two attached hydrogens (primary N) is 2. The molecule has 130 valence electrons. The summed E-state index contributed by atoms with van der Waals surface area (Å²) in [5.41, 5.74) is 6.60. The van der Waals surface area contributed by atoms with Gasteiger partial charge >= 0.3 is 0 Å². The average molecular weight is 361 g/mol. The zero-order chi connectivity index (χ0) is 17.5. The minimum atomic E-state index is -3.70. The molecular formula is C14H23N3O4S2. The molecule has 1 unspecified atom stereocenters. The number of thioether (sulfide) groups is 1. The highest BCUT2D eigenvalue weighted by Gasteiger charge is 2.21. The van der Waals surface area contributed by atoms with Crippen molar-refractivity contribution in [3.05, 3.63) is 29.8 Å². The normalized spacial score (nSPS) is 14.3. The Morgan fingerprint density at radius 2 is 1.96 bits per heavy atom. The minimum Gasteiger partial charge on any atom is -0.382 e. The highest BCUT2D eigenvalue weighted by molar-refractivity contribution is 7.98. The third-order valence-electron chi connectivity index (χ3n) is 3.29. The fourth-order valence-electron chi connectivity index (χ4n) is 1.89. The fourth-order valence-corrected chi connectivity index (χ4v) is 2.91. The number of aliphatic hydroxyl groups is 1. The zero-order valence-electron chi connectivity index (χ0n) is 12.9. The Kier molecular flexibility index (Phi) is 8.00. The van der Waals surface area contributed by atoms with Gasteiger partial charge < -0.3 is 16.2 Å². The molecule has 0 saturated heterocycles. The van der Waals surface area contributed by atoms with Crippen LogP contribution in [-0.4, -0.2) is 50.1 Å². The van der Waals surface area contributed by atoms with E-state index in [4.69, 9.17) is 10.9 Å². The summed E-state index contributed by atoms with van der Waals surface area (Å²) < 4.78 is 22.3. The van der Waals surface area contributed by atoms with Crippen LogP contribution in [-0.2, 0) is 21.2 Å². The van der Waals surface area contributed by atoms with Crippen molar-refractivity contribution in [3.63, 3.8) is 0 Å². The van der Waals surface area contributed by atoms with Crippen LogP contribution < -0.4 is 16.2 Å². The summed E-state index contributed by atoms with van der Waals surface area (Å²) in [7, 11) is -3.70. The van der Waals surface area contributed by atoms with E-state index in [1.807, 2.05) is 6.26 Å². The first kappa shape index (κ1) is 19.9. The second-order valence-electron chi connectivity index (χ2n) is 5.12. The average Bonchev–Trinajstić information content (AvgIpc) is 2.51. The highest BCUT2D eigenvalue weighted by Crippen LogP contribution is 2.09. The summed E-state index contributed by atoms with van der Waals surface area (Å²) >= 11 is 1.60. The summed E-state index contributed by atoms with van der Waals surface area (Å²) in [6, 6.07) is 5.51. The van der Waals surface area contributed by atoms with Gasteiger partial charge in [0.1, 0.15) is 6.10 Å². The molecule has 0 aliphatic heterocycles. The highest BCUT2D eigenvalue weighted by atomic mass is 32.2. The Balaban J connectivity index is 2.43. The van der Waals surface area contributed by atoms with Gasteiger partial charge in [-0.2, -0.15) is 11.8 Å². The van der Waals surface area contributed by atoms with Crippen LogP contribution in [0.2, 0.25) is 0 Å². The van der Waals surface area contributed by atoms with E-state index in [1.165, 1.54) is 12.1 Å². The SMILES string of the molecule is CSCC[C@@H](N)C(O)C(=O)NCCc1ccc(S(N)(=O)=O)cc1. The Labute approximate surface area is 140 Å². The number of aliphatic hydroxyl groups excluding tert-OH is 1. The van der Waals surface area contributed by atoms with E-state index < -0.39 is 28.1 Å². The quantitative estimate of drug-likeness (QED) is 0.465. The number of hydrogen-bond acceptors (Lipinski definition) is 6. The number of amides is 1. The Bertz CT molecular complexity index is 605. The van der Waals surface area contributed by atoms with E-state index in [2.05, 4.69) is 5.32 Å². The van der Waals surface area contributed by atoms with Crippen LogP contribution in [0.5, 0.6) is 0 Å². The first-order chi connectivity index (χ1) is 10.8. The number of primary sulfonamides is 1. The van der Waals surface area contributed by atoms with Crippen molar-refractivity contribution in [1.82, 2.24) is 5.32 Å². The van der Waals surface area contributed by atoms with Gasteiger partial charge in [-0.25, -0.2) is 13.6 Å². The number of sulfonamides is 1. The summed E-state index contributed by atoms with van der Waals surface area (Å²) in [5.74, 6) is 0.279. The summed E-state index contributed by atoms with van der Waals surface area (Å²) in [6.45, 7) is 0.319. The molecule has 0 saturated carbocycles. The lowest BCUT2D eigenvalue weighted by Gasteiger charge is -2.18. The molecule has 2 atom stereocenters. The number of hydrogen-bond donors (Lipinski definition) is 4. The molecule has 0 bridgehead atoms. The van der Waals surface area contributed by atoms with Gasteiger partial charge in [-0.1, -0.05) is 12.1 Å². The van der Waals surface area contributed by atoms with Crippen molar-refractivity contribution in [2.45, 2.75) is 29.9 Å². The van der Waals surface area contributed by atoms with Crippen LogP contribution >= 0.6 is 11.8 Å². The Morgan fingerprint density at radius 3 is 2.48 bits per heavy atom. The molecular weight excluding hydrogens is 338 g/mol. The lowest BCUT2D eigenvalue weighted by atomic mass is 10.1. The van der Waals surface area contributed by atoms with Crippen LogP contribution in [0.3, 0.4) is 0 Å². The molecule has 23 heavy (non-hydrogen) atoms. The molecule has 0 aliphatic rings. The van der Waals surface area contributed by atoms with Crippen LogP contribution in [0, 0.1) is 0 Å². The summed E-state index contributed by atoms with van der Waals surface area (Å²) in [5, 5.41) is 17.4. The van der Waals surface area contributed by atoms with Gasteiger partial charge in [0.25, 0.3) is 0 Å². The predicted molar refractivity (Wildman–Crippen MR) is 91.5 cm³/mol. The van der Waals surface area contributed by atoms with E-state index in [0.29, 0.717) is 19.4 Å². The number of carbonyl (C=O) groups is 1. The van der Waals surface area contributed by atoms with Crippen molar-refractivity contribution in [1.29, 1.82) is 0 Å². The summed E-state index contributed by atoms with van der Waals surface area (Å²) in [4.78, 5) is 11.8. The van der Waals surface area contributed by atoms with Gasteiger partial charge in [0, 0.05) is 12.6 Å². The maximum Gasteiger partial charge on any atom is 0.250 e. The molecule has 1 amide bonds. The lowest BCUT2D eigenvalue weighted by molar-refractivity contribution is -0.130. The van der Waals surface area contributed by atoms with Gasteiger partial charge in [0.05, 0.1) is 4.90 Å². The molecule has 0 radical (unpaired) electrons. The van der Waals surface area contributed by atoms with E-state index in [0.717, 1.165) is 11.3 Å². The molecule has 6 N–H and O–H groups in total. The maximum absolute atomic E-state index is 11.8. The standard InChI is InChI=1S/C14H23N3O4S2/c1-22-9-7-12(15)13(18)14(19)17-8-6-10-2-4-11(5-3-10)23(16,20)21/h2-5,12-13,18H,6-9,15H2,1H3,(H,17,19)(H2,16,20,21)/t12-,13?/m1/s1. The first-order valence-corrected chi connectivity index (χ1v) is 10.0. The van der Waals surface area contributed by atoms with Crippen LogP contribution in [0.4, 0.5) is 0 Å². The van der Waals surface area contributed by atoms with E-state index in [9.17, 15) is 18.3 Å². The third-order valence-corrected chi connectivity index (χ3v) is 4.87. The van der Waals surface area contributed by atoms with Crippen LogP contribution in [0.1, 0.15) is 12.0 Å². The van der Waals surface area contributed by atoms with Crippen molar-refractivity contribution in [3.8, 4) is 0 Å².